The average molecular weight is 292 g/mol. The summed E-state index contributed by atoms with van der Waals surface area (Å²) in [6.45, 7) is 1.88. The summed E-state index contributed by atoms with van der Waals surface area (Å²) in [5.41, 5.74) is 0.891. The minimum absolute atomic E-state index is 0.00438. The van der Waals surface area contributed by atoms with Crippen molar-refractivity contribution in [3.63, 3.8) is 0 Å². The highest BCUT2D eigenvalue weighted by molar-refractivity contribution is 5.95. The Kier molecular flexibility index (Phi) is 4.77. The number of hydrogen-bond donors (Lipinski definition) is 3. The van der Waals surface area contributed by atoms with Gasteiger partial charge < -0.3 is 15.4 Å². The molecule has 0 atom stereocenters. The Balaban J connectivity index is 2.00. The summed E-state index contributed by atoms with van der Waals surface area (Å²) in [7, 11) is 0. The highest BCUT2D eigenvalue weighted by Gasteiger charge is 2.27. The van der Waals surface area contributed by atoms with Crippen molar-refractivity contribution in [3.8, 4) is 0 Å². The molecular weight excluding hydrogens is 272 g/mol. The molecule has 1 amide bonds. The van der Waals surface area contributed by atoms with Crippen LogP contribution in [0.4, 0.5) is 0 Å². The number of pyridine rings is 1. The summed E-state index contributed by atoms with van der Waals surface area (Å²) in [5, 5.41) is 11.9. The molecule has 6 nitrogen and oxygen atoms in total. The van der Waals surface area contributed by atoms with Gasteiger partial charge in [0.1, 0.15) is 0 Å². The molecule has 1 aromatic rings. The lowest BCUT2D eigenvalue weighted by Gasteiger charge is -2.27. The first-order chi connectivity index (χ1) is 10.0. The highest BCUT2D eigenvalue weighted by Crippen LogP contribution is 2.24. The molecule has 3 N–H and O–H groups in total. The SMILES string of the molecule is CCc1[nH]c(=O)ccc1C(=O)NC1CCC(C(=O)O)CC1. The summed E-state index contributed by atoms with van der Waals surface area (Å²) in [6.07, 6.45) is 3.10. The number of hydrogen-bond acceptors (Lipinski definition) is 3. The molecular formula is C15H20N2O4. The van der Waals surface area contributed by atoms with Crippen molar-refractivity contribution in [2.45, 2.75) is 45.1 Å². The molecule has 0 aliphatic heterocycles. The number of amides is 1. The maximum absolute atomic E-state index is 12.3. The number of carboxylic acid groups (broad SMARTS) is 1. The van der Waals surface area contributed by atoms with Gasteiger partial charge in [0.05, 0.1) is 11.5 Å². The fourth-order valence-corrected chi connectivity index (χ4v) is 2.76. The van der Waals surface area contributed by atoms with Gasteiger partial charge in [0.15, 0.2) is 0 Å². The van der Waals surface area contributed by atoms with E-state index in [0.29, 0.717) is 43.4 Å². The van der Waals surface area contributed by atoms with E-state index in [1.54, 1.807) is 0 Å². The Labute approximate surface area is 122 Å². The van der Waals surface area contributed by atoms with E-state index in [4.69, 9.17) is 5.11 Å². The van der Waals surface area contributed by atoms with Gasteiger partial charge in [0.2, 0.25) is 5.56 Å². The first-order valence-electron chi connectivity index (χ1n) is 7.27. The van der Waals surface area contributed by atoms with Crippen LogP contribution in [0.25, 0.3) is 0 Å². The Morgan fingerprint density at radius 2 is 1.95 bits per heavy atom. The summed E-state index contributed by atoms with van der Waals surface area (Å²) >= 11 is 0. The first kappa shape index (κ1) is 15.3. The van der Waals surface area contributed by atoms with Crippen LogP contribution in [0.3, 0.4) is 0 Å². The molecule has 1 aliphatic carbocycles. The summed E-state index contributed by atoms with van der Waals surface area (Å²) in [5.74, 6) is -1.26. The predicted molar refractivity (Wildman–Crippen MR) is 77.3 cm³/mol. The molecule has 0 bridgehead atoms. The third-order valence-electron chi connectivity index (χ3n) is 4.01. The van der Waals surface area contributed by atoms with Gasteiger partial charge in [-0.1, -0.05) is 6.92 Å². The van der Waals surface area contributed by atoms with Gasteiger partial charge in [-0.25, -0.2) is 0 Å². The van der Waals surface area contributed by atoms with Gasteiger partial charge in [-0.15, -0.1) is 0 Å². The second-order valence-corrected chi connectivity index (χ2v) is 5.43. The Morgan fingerprint density at radius 3 is 2.52 bits per heavy atom. The van der Waals surface area contributed by atoms with E-state index in [0.717, 1.165) is 0 Å². The third-order valence-corrected chi connectivity index (χ3v) is 4.01. The number of aromatic nitrogens is 1. The van der Waals surface area contributed by atoms with Crippen molar-refractivity contribution < 1.29 is 14.7 Å². The summed E-state index contributed by atoms with van der Waals surface area (Å²) in [4.78, 5) is 37.1. The van der Waals surface area contributed by atoms with Gasteiger partial charge in [0, 0.05) is 17.8 Å². The molecule has 1 aliphatic rings. The molecule has 114 valence electrons. The van der Waals surface area contributed by atoms with Crippen molar-refractivity contribution in [2.75, 3.05) is 0 Å². The van der Waals surface area contributed by atoms with Gasteiger partial charge in [-0.3, -0.25) is 14.4 Å². The zero-order valence-corrected chi connectivity index (χ0v) is 12.0. The Hall–Kier alpha value is -2.11. The minimum Gasteiger partial charge on any atom is -0.481 e. The first-order valence-corrected chi connectivity index (χ1v) is 7.27. The van der Waals surface area contributed by atoms with E-state index in [9.17, 15) is 14.4 Å². The molecule has 0 saturated heterocycles. The van der Waals surface area contributed by atoms with Crippen LogP contribution in [0.1, 0.15) is 48.7 Å². The van der Waals surface area contributed by atoms with Crippen molar-refractivity contribution in [1.29, 1.82) is 0 Å². The number of carbonyl (C=O) groups is 2. The number of nitrogens with one attached hydrogen (secondary N) is 2. The number of aliphatic carboxylic acids is 1. The van der Waals surface area contributed by atoms with Crippen LogP contribution in [0.2, 0.25) is 0 Å². The largest absolute Gasteiger partial charge is 0.481 e. The van der Waals surface area contributed by atoms with Crippen LogP contribution < -0.4 is 10.9 Å². The molecule has 1 aromatic heterocycles. The second-order valence-electron chi connectivity index (χ2n) is 5.43. The van der Waals surface area contributed by atoms with Crippen LogP contribution in [-0.2, 0) is 11.2 Å². The lowest BCUT2D eigenvalue weighted by molar-refractivity contribution is -0.142. The van der Waals surface area contributed by atoms with Crippen LogP contribution in [0.15, 0.2) is 16.9 Å². The molecule has 2 rings (SSSR count). The normalized spacial score (nSPS) is 21.8. The quantitative estimate of drug-likeness (QED) is 0.779. The fourth-order valence-electron chi connectivity index (χ4n) is 2.76. The van der Waals surface area contributed by atoms with Crippen molar-refractivity contribution >= 4 is 11.9 Å². The third kappa shape index (κ3) is 3.71. The van der Waals surface area contributed by atoms with Gasteiger partial charge in [-0.2, -0.15) is 0 Å². The fraction of sp³-hybridized carbons (Fsp3) is 0.533. The second kappa shape index (κ2) is 6.56. The molecule has 0 aromatic carbocycles. The van der Waals surface area contributed by atoms with Crippen LogP contribution in [0.5, 0.6) is 0 Å². The number of aromatic amines is 1. The van der Waals surface area contributed by atoms with Crippen molar-refractivity contribution in [2.24, 2.45) is 5.92 Å². The summed E-state index contributed by atoms with van der Waals surface area (Å²) in [6, 6.07) is 2.88. The molecule has 1 heterocycles. The van der Waals surface area contributed by atoms with Gasteiger partial charge in [-0.05, 0) is 38.2 Å². The van der Waals surface area contributed by atoms with Crippen LogP contribution >= 0.6 is 0 Å². The standard InChI is InChI=1S/C15H20N2O4/c1-2-12-11(7-8-13(18)17-12)14(19)16-10-5-3-9(4-6-10)15(20)21/h7-10H,2-6H2,1H3,(H,16,19)(H,17,18)(H,20,21). The maximum Gasteiger partial charge on any atom is 0.306 e. The zero-order chi connectivity index (χ0) is 15.4. The van der Waals surface area contributed by atoms with E-state index in [2.05, 4.69) is 10.3 Å². The molecule has 0 spiro atoms. The molecule has 0 radical (unpaired) electrons. The molecule has 0 unspecified atom stereocenters. The zero-order valence-electron chi connectivity index (χ0n) is 12.0. The smallest absolute Gasteiger partial charge is 0.306 e. The Morgan fingerprint density at radius 1 is 1.29 bits per heavy atom. The lowest BCUT2D eigenvalue weighted by Crippen LogP contribution is -2.39. The predicted octanol–water partition coefficient (Wildman–Crippen LogP) is 1.31. The average Bonchev–Trinajstić information content (AvgIpc) is 2.47. The number of H-pyrrole nitrogens is 1. The van der Waals surface area contributed by atoms with Crippen LogP contribution in [0, 0.1) is 5.92 Å². The number of rotatable bonds is 4. The maximum atomic E-state index is 12.3. The lowest BCUT2D eigenvalue weighted by atomic mass is 9.86. The van der Waals surface area contributed by atoms with E-state index in [-0.39, 0.29) is 23.4 Å². The van der Waals surface area contributed by atoms with Gasteiger partial charge in [0.25, 0.3) is 5.91 Å². The molecule has 1 fully saturated rings. The van der Waals surface area contributed by atoms with E-state index < -0.39 is 5.97 Å². The molecule has 6 heteroatoms. The van der Waals surface area contributed by atoms with Crippen LogP contribution in [-0.4, -0.2) is 28.0 Å². The number of carboxylic acids is 1. The summed E-state index contributed by atoms with van der Waals surface area (Å²) < 4.78 is 0. The van der Waals surface area contributed by atoms with E-state index in [1.807, 2.05) is 6.92 Å². The van der Waals surface area contributed by atoms with Gasteiger partial charge >= 0.3 is 5.97 Å². The topological polar surface area (TPSA) is 99.3 Å². The van der Waals surface area contributed by atoms with E-state index in [1.165, 1.54) is 12.1 Å². The number of aryl methyl sites for hydroxylation is 1. The monoisotopic (exact) mass is 292 g/mol. The van der Waals surface area contributed by atoms with E-state index >= 15 is 0 Å². The minimum atomic E-state index is -0.756. The van der Waals surface area contributed by atoms with Crippen molar-refractivity contribution in [3.05, 3.63) is 33.7 Å². The number of carbonyl (C=O) groups excluding carboxylic acids is 1. The Bertz CT molecular complexity index is 586. The van der Waals surface area contributed by atoms with Crippen molar-refractivity contribution in [1.82, 2.24) is 10.3 Å². The molecule has 21 heavy (non-hydrogen) atoms. The molecule has 1 saturated carbocycles. The highest BCUT2D eigenvalue weighted by atomic mass is 16.4.